The molecule has 7 nitrogen and oxygen atoms in total. The summed E-state index contributed by atoms with van der Waals surface area (Å²) < 4.78 is 5.00. The Morgan fingerprint density at radius 2 is 2.24 bits per heavy atom. The molecule has 0 bridgehead atoms. The molecule has 0 saturated carbocycles. The second kappa shape index (κ2) is 5.49. The molecule has 106 valence electrons. The standard InChI is InChI=1S/C14H12N4O3/c19-13(12-7-17-14(20)18-12)16-6-9-1-2-11(15-5-9)10-3-4-21-8-10/h1-5,7-8H,6H2,(H,16,19)(H2,17,18,20). The lowest BCUT2D eigenvalue weighted by Gasteiger charge is -2.04. The van der Waals surface area contributed by atoms with Gasteiger partial charge >= 0.3 is 5.69 Å². The highest BCUT2D eigenvalue weighted by Crippen LogP contribution is 2.16. The summed E-state index contributed by atoms with van der Waals surface area (Å²) in [5.41, 5.74) is 2.34. The molecule has 0 saturated heterocycles. The van der Waals surface area contributed by atoms with Gasteiger partial charge in [-0.15, -0.1) is 0 Å². The zero-order chi connectivity index (χ0) is 14.7. The summed E-state index contributed by atoms with van der Waals surface area (Å²) in [7, 11) is 0. The Kier molecular flexibility index (Phi) is 3.38. The number of hydrogen-bond acceptors (Lipinski definition) is 4. The van der Waals surface area contributed by atoms with Gasteiger partial charge in [-0.2, -0.15) is 0 Å². The van der Waals surface area contributed by atoms with Gasteiger partial charge in [0.15, 0.2) is 0 Å². The minimum absolute atomic E-state index is 0.197. The second-order valence-electron chi connectivity index (χ2n) is 4.40. The van der Waals surface area contributed by atoms with Crippen LogP contribution in [0.25, 0.3) is 11.3 Å². The van der Waals surface area contributed by atoms with Gasteiger partial charge in [0, 0.05) is 24.5 Å². The number of nitrogens with one attached hydrogen (secondary N) is 3. The number of furan rings is 1. The zero-order valence-corrected chi connectivity index (χ0v) is 10.9. The third-order valence-electron chi connectivity index (χ3n) is 2.94. The van der Waals surface area contributed by atoms with Crippen LogP contribution < -0.4 is 11.0 Å². The molecule has 0 aromatic carbocycles. The van der Waals surface area contributed by atoms with Gasteiger partial charge in [0.1, 0.15) is 5.69 Å². The highest BCUT2D eigenvalue weighted by Gasteiger charge is 2.07. The molecule has 21 heavy (non-hydrogen) atoms. The molecular weight excluding hydrogens is 272 g/mol. The van der Waals surface area contributed by atoms with Crippen LogP contribution in [0.15, 0.2) is 52.3 Å². The van der Waals surface area contributed by atoms with E-state index in [0.29, 0.717) is 6.54 Å². The molecule has 3 heterocycles. The number of nitrogens with zero attached hydrogens (tertiary/aromatic N) is 1. The highest BCUT2D eigenvalue weighted by atomic mass is 16.3. The van der Waals surface area contributed by atoms with Gasteiger partial charge in [-0.3, -0.25) is 9.78 Å². The van der Waals surface area contributed by atoms with Gasteiger partial charge in [-0.1, -0.05) is 6.07 Å². The molecular formula is C14H12N4O3. The second-order valence-corrected chi connectivity index (χ2v) is 4.40. The lowest BCUT2D eigenvalue weighted by atomic mass is 10.2. The molecule has 0 spiro atoms. The van der Waals surface area contributed by atoms with E-state index in [1.165, 1.54) is 6.20 Å². The van der Waals surface area contributed by atoms with E-state index in [1.807, 2.05) is 18.2 Å². The Hall–Kier alpha value is -3.09. The van der Waals surface area contributed by atoms with Gasteiger partial charge in [0.25, 0.3) is 5.91 Å². The predicted molar refractivity (Wildman–Crippen MR) is 74.5 cm³/mol. The fourth-order valence-electron chi connectivity index (χ4n) is 1.84. The van der Waals surface area contributed by atoms with Gasteiger partial charge in [0.05, 0.1) is 18.2 Å². The molecule has 0 aliphatic rings. The van der Waals surface area contributed by atoms with Crippen LogP contribution >= 0.6 is 0 Å². The number of rotatable bonds is 4. The first kappa shape index (κ1) is 12.9. The maximum absolute atomic E-state index is 11.8. The molecule has 7 heteroatoms. The average Bonchev–Trinajstić information content (AvgIpc) is 3.16. The highest BCUT2D eigenvalue weighted by molar-refractivity contribution is 5.91. The largest absolute Gasteiger partial charge is 0.472 e. The smallest absolute Gasteiger partial charge is 0.323 e. The summed E-state index contributed by atoms with van der Waals surface area (Å²) in [5, 5.41) is 2.70. The van der Waals surface area contributed by atoms with E-state index in [-0.39, 0.29) is 11.6 Å². The molecule has 3 N–H and O–H groups in total. The number of imidazole rings is 1. The van der Waals surface area contributed by atoms with Crippen molar-refractivity contribution in [1.29, 1.82) is 0 Å². The van der Waals surface area contributed by atoms with Gasteiger partial charge in [-0.25, -0.2) is 4.79 Å². The van der Waals surface area contributed by atoms with Crippen LogP contribution in [0.5, 0.6) is 0 Å². The Balaban J connectivity index is 1.63. The minimum Gasteiger partial charge on any atom is -0.472 e. The Morgan fingerprint density at radius 1 is 1.33 bits per heavy atom. The summed E-state index contributed by atoms with van der Waals surface area (Å²) in [6.07, 6.45) is 6.22. The molecule has 0 atom stereocenters. The SMILES string of the molecule is O=C(NCc1ccc(-c2ccoc2)nc1)c1c[nH]c(=O)[nH]1. The maximum Gasteiger partial charge on any atom is 0.323 e. The van der Waals surface area contributed by atoms with Gasteiger partial charge in [0.2, 0.25) is 0 Å². The monoisotopic (exact) mass is 284 g/mol. The van der Waals surface area contributed by atoms with Crippen LogP contribution in [-0.2, 0) is 6.54 Å². The van der Waals surface area contributed by atoms with E-state index >= 15 is 0 Å². The van der Waals surface area contributed by atoms with E-state index in [2.05, 4.69) is 20.3 Å². The minimum atomic E-state index is -0.411. The van der Waals surface area contributed by atoms with Crippen LogP contribution in [0.2, 0.25) is 0 Å². The molecule has 1 amide bonds. The fraction of sp³-hybridized carbons (Fsp3) is 0.0714. The molecule has 0 radical (unpaired) electrons. The Bertz CT molecular complexity index is 784. The number of carbonyl (C=O) groups excluding carboxylic acids is 1. The number of aromatic nitrogens is 3. The first-order valence-electron chi connectivity index (χ1n) is 6.26. The van der Waals surface area contributed by atoms with Crippen molar-refractivity contribution in [1.82, 2.24) is 20.3 Å². The lowest BCUT2D eigenvalue weighted by Crippen LogP contribution is -2.23. The lowest BCUT2D eigenvalue weighted by molar-refractivity contribution is 0.0946. The Labute approximate surface area is 119 Å². The number of hydrogen-bond donors (Lipinski definition) is 3. The summed E-state index contributed by atoms with van der Waals surface area (Å²) in [6, 6.07) is 5.55. The van der Waals surface area contributed by atoms with Crippen molar-refractivity contribution in [3.63, 3.8) is 0 Å². The normalized spacial score (nSPS) is 10.5. The zero-order valence-electron chi connectivity index (χ0n) is 10.9. The Morgan fingerprint density at radius 3 is 2.86 bits per heavy atom. The third kappa shape index (κ3) is 2.92. The van der Waals surface area contributed by atoms with E-state index in [4.69, 9.17) is 4.42 Å². The van der Waals surface area contributed by atoms with Gasteiger partial charge in [-0.05, 0) is 17.7 Å². The maximum atomic E-state index is 11.8. The quantitative estimate of drug-likeness (QED) is 0.671. The van der Waals surface area contributed by atoms with Crippen molar-refractivity contribution in [2.75, 3.05) is 0 Å². The van der Waals surface area contributed by atoms with Crippen molar-refractivity contribution < 1.29 is 9.21 Å². The fourth-order valence-corrected chi connectivity index (χ4v) is 1.84. The number of carbonyl (C=O) groups is 1. The number of H-pyrrole nitrogens is 2. The summed E-state index contributed by atoms with van der Waals surface area (Å²) >= 11 is 0. The summed E-state index contributed by atoms with van der Waals surface area (Å²) in [5.74, 6) is -0.354. The van der Waals surface area contributed by atoms with Crippen molar-refractivity contribution in [2.24, 2.45) is 0 Å². The molecule has 0 aliphatic heterocycles. The topological polar surface area (TPSA) is 104 Å². The summed E-state index contributed by atoms with van der Waals surface area (Å²) in [4.78, 5) is 31.7. The van der Waals surface area contributed by atoms with E-state index in [9.17, 15) is 9.59 Å². The van der Waals surface area contributed by atoms with Crippen molar-refractivity contribution in [2.45, 2.75) is 6.54 Å². The molecule has 0 aliphatic carbocycles. The molecule has 3 rings (SSSR count). The van der Waals surface area contributed by atoms with Crippen LogP contribution in [0.1, 0.15) is 16.1 Å². The molecule has 3 aromatic heterocycles. The first-order valence-corrected chi connectivity index (χ1v) is 6.26. The van der Waals surface area contributed by atoms with Crippen molar-refractivity contribution >= 4 is 5.91 Å². The molecule has 0 unspecified atom stereocenters. The van der Waals surface area contributed by atoms with Crippen LogP contribution in [0, 0.1) is 0 Å². The molecule has 3 aromatic rings. The van der Waals surface area contributed by atoms with Crippen molar-refractivity contribution in [3.8, 4) is 11.3 Å². The van der Waals surface area contributed by atoms with Crippen LogP contribution in [0.3, 0.4) is 0 Å². The average molecular weight is 284 g/mol. The first-order chi connectivity index (χ1) is 10.2. The van der Waals surface area contributed by atoms with Crippen molar-refractivity contribution in [3.05, 3.63) is 64.9 Å². The number of pyridine rings is 1. The third-order valence-corrected chi connectivity index (χ3v) is 2.94. The predicted octanol–water partition coefficient (Wildman–Crippen LogP) is 1.29. The van der Waals surface area contributed by atoms with E-state index in [0.717, 1.165) is 16.8 Å². The number of aromatic amines is 2. The van der Waals surface area contributed by atoms with E-state index < -0.39 is 5.69 Å². The van der Waals surface area contributed by atoms with Gasteiger partial charge < -0.3 is 19.7 Å². The van der Waals surface area contributed by atoms with Crippen LogP contribution in [0.4, 0.5) is 0 Å². The summed E-state index contributed by atoms with van der Waals surface area (Å²) in [6.45, 7) is 0.324. The van der Waals surface area contributed by atoms with Crippen LogP contribution in [-0.4, -0.2) is 20.9 Å². The molecule has 0 fully saturated rings. The number of amides is 1. The van der Waals surface area contributed by atoms with E-state index in [1.54, 1.807) is 18.7 Å².